The standard InChI is InChI=1S/C13H20F3N3O3/c1-5(2)4-17-8-9(20)6(10(8)21)7-11(13(14,15)16)18-19(3)12(7)22/h5-6,8-10,17-18,20-21H,4H2,1-3H3. The molecule has 0 aromatic carbocycles. The Balaban J connectivity index is 2.29. The van der Waals surface area contributed by atoms with Gasteiger partial charge in [-0.15, -0.1) is 0 Å². The number of hydrogen-bond acceptors (Lipinski definition) is 4. The number of aliphatic hydroxyl groups excluding tert-OH is 2. The lowest BCUT2D eigenvalue weighted by Gasteiger charge is -2.46. The Kier molecular flexibility index (Phi) is 4.42. The summed E-state index contributed by atoms with van der Waals surface area (Å²) in [5.74, 6) is -1.00. The van der Waals surface area contributed by atoms with Gasteiger partial charge < -0.3 is 15.5 Å². The average molecular weight is 323 g/mol. The molecule has 0 amide bonds. The highest BCUT2D eigenvalue weighted by molar-refractivity contribution is 5.32. The van der Waals surface area contributed by atoms with Crippen molar-refractivity contribution in [2.24, 2.45) is 13.0 Å². The predicted molar refractivity (Wildman–Crippen MR) is 72.4 cm³/mol. The molecule has 0 radical (unpaired) electrons. The third-order valence-corrected chi connectivity index (χ3v) is 3.93. The molecule has 0 saturated heterocycles. The van der Waals surface area contributed by atoms with Crippen LogP contribution in [-0.2, 0) is 13.2 Å². The van der Waals surface area contributed by atoms with Gasteiger partial charge >= 0.3 is 6.18 Å². The van der Waals surface area contributed by atoms with Crippen molar-refractivity contribution < 1.29 is 23.4 Å². The Morgan fingerprint density at radius 3 is 2.32 bits per heavy atom. The normalized spacial score (nSPS) is 29.0. The lowest BCUT2D eigenvalue weighted by Crippen LogP contribution is -2.65. The number of halogens is 3. The number of nitrogens with one attached hydrogen (secondary N) is 2. The molecule has 1 aliphatic rings. The van der Waals surface area contributed by atoms with Crippen molar-refractivity contribution in [3.05, 3.63) is 21.6 Å². The highest BCUT2D eigenvalue weighted by Gasteiger charge is 2.54. The lowest BCUT2D eigenvalue weighted by molar-refractivity contribution is -0.145. The van der Waals surface area contributed by atoms with Crippen molar-refractivity contribution in [1.29, 1.82) is 0 Å². The van der Waals surface area contributed by atoms with Gasteiger partial charge in [0, 0.05) is 13.0 Å². The lowest BCUT2D eigenvalue weighted by atomic mass is 9.70. The van der Waals surface area contributed by atoms with Crippen molar-refractivity contribution in [2.45, 2.75) is 44.2 Å². The van der Waals surface area contributed by atoms with E-state index in [1.54, 1.807) is 0 Å². The molecule has 2 rings (SSSR count). The topological polar surface area (TPSA) is 90.3 Å². The molecule has 6 nitrogen and oxygen atoms in total. The summed E-state index contributed by atoms with van der Waals surface area (Å²) in [5, 5.41) is 25.0. The summed E-state index contributed by atoms with van der Waals surface area (Å²) < 4.78 is 39.7. The highest BCUT2D eigenvalue weighted by atomic mass is 19.4. The van der Waals surface area contributed by atoms with Gasteiger partial charge in [-0.1, -0.05) is 13.8 Å². The van der Waals surface area contributed by atoms with E-state index in [0.717, 1.165) is 7.05 Å². The van der Waals surface area contributed by atoms with Gasteiger partial charge in [-0.2, -0.15) is 13.2 Å². The third kappa shape index (κ3) is 2.80. The van der Waals surface area contributed by atoms with Crippen LogP contribution in [0.25, 0.3) is 0 Å². The van der Waals surface area contributed by atoms with Crippen LogP contribution in [0.5, 0.6) is 0 Å². The van der Waals surface area contributed by atoms with Gasteiger partial charge in [0.1, 0.15) is 5.69 Å². The minimum Gasteiger partial charge on any atom is -0.391 e. The minimum atomic E-state index is -4.76. The Labute approximate surface area is 124 Å². The quantitative estimate of drug-likeness (QED) is 0.636. The summed E-state index contributed by atoms with van der Waals surface area (Å²) in [6.45, 7) is 4.35. The van der Waals surface area contributed by atoms with Gasteiger partial charge in [-0.05, 0) is 12.5 Å². The van der Waals surface area contributed by atoms with Crippen molar-refractivity contribution in [1.82, 2.24) is 15.1 Å². The van der Waals surface area contributed by atoms with Crippen molar-refractivity contribution in [3.8, 4) is 0 Å². The Morgan fingerprint density at radius 1 is 1.32 bits per heavy atom. The molecule has 1 aromatic heterocycles. The van der Waals surface area contributed by atoms with E-state index in [4.69, 9.17) is 0 Å². The third-order valence-electron chi connectivity index (χ3n) is 3.93. The predicted octanol–water partition coefficient (Wildman–Crippen LogP) is 0.165. The van der Waals surface area contributed by atoms with E-state index in [1.165, 1.54) is 0 Å². The fourth-order valence-electron chi connectivity index (χ4n) is 2.75. The monoisotopic (exact) mass is 323 g/mol. The summed E-state index contributed by atoms with van der Waals surface area (Å²) in [6, 6.07) is -0.743. The van der Waals surface area contributed by atoms with Crippen LogP contribution in [0.2, 0.25) is 0 Å². The number of alkyl halides is 3. The maximum atomic E-state index is 13.0. The van der Waals surface area contributed by atoms with Crippen LogP contribution in [-0.4, -0.2) is 44.8 Å². The van der Waals surface area contributed by atoms with E-state index in [-0.39, 0.29) is 5.92 Å². The van der Waals surface area contributed by atoms with Crippen molar-refractivity contribution in [3.63, 3.8) is 0 Å². The molecule has 1 aliphatic carbocycles. The van der Waals surface area contributed by atoms with Crippen LogP contribution < -0.4 is 10.9 Å². The van der Waals surface area contributed by atoms with Crippen LogP contribution in [0.15, 0.2) is 4.79 Å². The fraction of sp³-hybridized carbons (Fsp3) is 0.769. The highest BCUT2D eigenvalue weighted by Crippen LogP contribution is 2.41. The second kappa shape index (κ2) is 5.71. The second-order valence-corrected chi connectivity index (χ2v) is 6.10. The number of aryl methyl sites for hydroxylation is 1. The number of H-pyrrole nitrogens is 1. The molecule has 0 aliphatic heterocycles. The minimum absolute atomic E-state index is 0.254. The first kappa shape index (κ1) is 17.0. The number of aromatic amines is 1. The second-order valence-electron chi connectivity index (χ2n) is 6.10. The molecule has 22 heavy (non-hydrogen) atoms. The van der Waals surface area contributed by atoms with E-state index in [2.05, 4.69) is 5.32 Å². The molecule has 2 atom stereocenters. The van der Waals surface area contributed by atoms with Gasteiger partial charge in [0.15, 0.2) is 0 Å². The van der Waals surface area contributed by atoms with E-state index in [1.807, 2.05) is 18.9 Å². The Bertz CT molecular complexity index is 584. The molecule has 2 unspecified atom stereocenters. The molecule has 1 heterocycles. The Morgan fingerprint density at radius 2 is 1.86 bits per heavy atom. The smallest absolute Gasteiger partial charge is 0.391 e. The molecule has 1 aromatic rings. The molecular weight excluding hydrogens is 303 g/mol. The maximum Gasteiger partial charge on any atom is 0.433 e. The number of nitrogens with zero attached hydrogens (tertiary/aromatic N) is 1. The molecule has 1 fully saturated rings. The largest absolute Gasteiger partial charge is 0.433 e. The molecule has 9 heteroatoms. The number of aromatic nitrogens is 2. The molecule has 4 N–H and O–H groups in total. The SMILES string of the molecule is CC(C)CNC1C(O)C(c2c(C(F)(F)F)[nH]n(C)c2=O)C1O. The molecule has 0 spiro atoms. The van der Waals surface area contributed by atoms with Crippen molar-refractivity contribution >= 4 is 0 Å². The molecule has 126 valence electrons. The number of rotatable bonds is 4. The van der Waals surface area contributed by atoms with Crippen LogP contribution in [0.4, 0.5) is 13.2 Å². The summed E-state index contributed by atoms with van der Waals surface area (Å²) in [6.07, 6.45) is -7.26. The van der Waals surface area contributed by atoms with E-state index >= 15 is 0 Å². The van der Waals surface area contributed by atoms with Crippen LogP contribution in [0, 0.1) is 5.92 Å². The van der Waals surface area contributed by atoms with Crippen LogP contribution in [0.3, 0.4) is 0 Å². The zero-order valence-electron chi connectivity index (χ0n) is 12.5. The van der Waals surface area contributed by atoms with Crippen LogP contribution in [0.1, 0.15) is 31.0 Å². The van der Waals surface area contributed by atoms with Gasteiger partial charge in [0.05, 0.1) is 23.8 Å². The molecule has 0 bridgehead atoms. The van der Waals surface area contributed by atoms with E-state index in [0.29, 0.717) is 11.2 Å². The van der Waals surface area contributed by atoms with E-state index < -0.39 is 47.2 Å². The zero-order valence-corrected chi connectivity index (χ0v) is 12.5. The van der Waals surface area contributed by atoms with Crippen LogP contribution >= 0.6 is 0 Å². The number of aliphatic hydroxyl groups is 2. The first-order chi connectivity index (χ1) is 10.1. The average Bonchev–Trinajstić information content (AvgIpc) is 2.67. The maximum absolute atomic E-state index is 13.0. The van der Waals surface area contributed by atoms with Gasteiger partial charge in [-0.25, -0.2) is 0 Å². The van der Waals surface area contributed by atoms with Gasteiger partial charge in [0.2, 0.25) is 0 Å². The summed E-state index contributed by atoms with van der Waals surface area (Å²) >= 11 is 0. The zero-order chi connectivity index (χ0) is 16.8. The summed E-state index contributed by atoms with van der Waals surface area (Å²) in [5.41, 5.74) is -2.72. The first-order valence-electron chi connectivity index (χ1n) is 7.01. The van der Waals surface area contributed by atoms with Crippen molar-refractivity contribution in [2.75, 3.05) is 6.54 Å². The Hall–Kier alpha value is -1.32. The number of hydrogen-bond donors (Lipinski definition) is 4. The molecule has 1 saturated carbocycles. The molecular formula is C13H20F3N3O3. The fourth-order valence-corrected chi connectivity index (χ4v) is 2.75. The van der Waals surface area contributed by atoms with Gasteiger partial charge in [-0.3, -0.25) is 14.6 Å². The first-order valence-corrected chi connectivity index (χ1v) is 7.01. The summed E-state index contributed by atoms with van der Waals surface area (Å²) in [7, 11) is 1.16. The van der Waals surface area contributed by atoms with E-state index in [9.17, 15) is 28.2 Å². The summed E-state index contributed by atoms with van der Waals surface area (Å²) in [4.78, 5) is 11.9. The van der Waals surface area contributed by atoms with Gasteiger partial charge in [0.25, 0.3) is 5.56 Å².